The molecule has 7 nitrogen and oxygen atoms in total. The summed E-state index contributed by atoms with van der Waals surface area (Å²) in [6.07, 6.45) is 7.72. The summed E-state index contributed by atoms with van der Waals surface area (Å²) in [5.74, 6) is -0.756. The number of hydrogen-bond donors (Lipinski definition) is 2. The van der Waals surface area contributed by atoms with Crippen LogP contribution in [-0.2, 0) is 20.7 Å². The van der Waals surface area contributed by atoms with Crippen LogP contribution in [-0.4, -0.2) is 35.8 Å². The zero-order valence-electron chi connectivity index (χ0n) is 19.0. The molecule has 2 aromatic rings. The summed E-state index contributed by atoms with van der Waals surface area (Å²) in [6.45, 7) is 0. The van der Waals surface area contributed by atoms with E-state index < -0.39 is 23.3 Å². The maximum atomic E-state index is 12.7. The summed E-state index contributed by atoms with van der Waals surface area (Å²) in [4.78, 5) is 41.7. The van der Waals surface area contributed by atoms with Crippen molar-refractivity contribution >= 4 is 62.5 Å². The van der Waals surface area contributed by atoms with Crippen molar-refractivity contribution < 1.29 is 19.1 Å². The average molecular weight is 581 g/mol. The van der Waals surface area contributed by atoms with Crippen molar-refractivity contribution in [3.8, 4) is 0 Å². The summed E-state index contributed by atoms with van der Waals surface area (Å²) >= 11 is 15.5. The molecule has 2 aliphatic rings. The first-order chi connectivity index (χ1) is 16.8. The van der Waals surface area contributed by atoms with Crippen LogP contribution in [0.5, 0.6) is 0 Å². The normalized spacial score (nSPS) is 17.5. The molecule has 0 unspecified atom stereocenters. The summed E-state index contributed by atoms with van der Waals surface area (Å²) < 4.78 is 5.54. The Morgan fingerprint density at radius 2 is 1.74 bits per heavy atom. The van der Waals surface area contributed by atoms with Crippen LogP contribution >= 0.6 is 39.1 Å². The molecule has 1 aromatic heterocycles. The number of rotatable bonds is 7. The number of aromatic nitrogens is 1. The number of methoxy groups -OCH3 is 1. The molecule has 10 heteroatoms. The number of amides is 1. The van der Waals surface area contributed by atoms with Crippen molar-refractivity contribution in [1.29, 1.82) is 0 Å². The van der Waals surface area contributed by atoms with Crippen LogP contribution in [0.15, 0.2) is 46.8 Å². The first-order valence-corrected chi connectivity index (χ1v) is 12.8. The third-order valence-corrected chi connectivity index (χ3v) is 7.91. The van der Waals surface area contributed by atoms with Gasteiger partial charge in [-0.2, -0.15) is 0 Å². The lowest BCUT2D eigenvalue weighted by molar-refractivity contribution is -0.143. The molecule has 0 bridgehead atoms. The lowest BCUT2D eigenvalue weighted by Gasteiger charge is -2.46. The van der Waals surface area contributed by atoms with E-state index in [1.165, 1.54) is 19.5 Å². The summed E-state index contributed by atoms with van der Waals surface area (Å²) in [5.41, 5.74) is 1.82. The molecule has 1 spiro atoms. The van der Waals surface area contributed by atoms with Gasteiger partial charge in [0.2, 0.25) is 0 Å². The smallest absolute Gasteiger partial charge is 0.328 e. The molecule has 2 N–H and O–H groups in total. The SMILES string of the molecule is COC(=O)[C@H](Cc1ccc(NC(=O)c2c(Cl)cncc2Cl)cc1)NC1=C(Br)C(=O)C12CCCCC2. The highest BCUT2D eigenvalue weighted by molar-refractivity contribution is 9.12. The molecule has 1 amide bonds. The Labute approximate surface area is 221 Å². The fraction of sp³-hybridized carbons (Fsp3) is 0.360. The molecule has 1 aromatic carbocycles. The summed E-state index contributed by atoms with van der Waals surface area (Å²) in [7, 11) is 1.34. The quantitative estimate of drug-likeness (QED) is 0.422. The number of anilines is 1. The molecule has 0 saturated heterocycles. The van der Waals surface area contributed by atoms with Crippen LogP contribution in [0.2, 0.25) is 10.0 Å². The number of halogens is 3. The number of carbonyl (C=O) groups excluding carboxylic acids is 3. The Hall–Kier alpha value is -2.42. The van der Waals surface area contributed by atoms with E-state index in [-0.39, 0.29) is 21.4 Å². The monoisotopic (exact) mass is 579 g/mol. The highest BCUT2D eigenvalue weighted by Gasteiger charge is 2.53. The van der Waals surface area contributed by atoms with E-state index >= 15 is 0 Å². The van der Waals surface area contributed by atoms with Crippen molar-refractivity contribution in [1.82, 2.24) is 10.3 Å². The van der Waals surface area contributed by atoms with Gasteiger partial charge in [0.1, 0.15) is 6.04 Å². The number of carbonyl (C=O) groups is 3. The first kappa shape index (κ1) is 25.7. The van der Waals surface area contributed by atoms with Gasteiger partial charge in [0.15, 0.2) is 5.78 Å². The van der Waals surface area contributed by atoms with Crippen molar-refractivity contribution in [2.75, 3.05) is 12.4 Å². The van der Waals surface area contributed by atoms with Crippen LogP contribution in [0.25, 0.3) is 0 Å². The van der Waals surface area contributed by atoms with Crippen LogP contribution < -0.4 is 10.6 Å². The maximum absolute atomic E-state index is 12.7. The lowest BCUT2D eigenvalue weighted by atomic mass is 9.62. The van der Waals surface area contributed by atoms with Crippen LogP contribution in [0.1, 0.15) is 48.0 Å². The van der Waals surface area contributed by atoms with Crippen LogP contribution in [0, 0.1) is 5.41 Å². The Bertz CT molecular complexity index is 1170. The number of hydrogen-bond acceptors (Lipinski definition) is 6. The van der Waals surface area contributed by atoms with E-state index in [0.29, 0.717) is 16.6 Å². The van der Waals surface area contributed by atoms with Gasteiger partial charge in [0, 0.05) is 30.2 Å². The van der Waals surface area contributed by atoms with E-state index in [2.05, 4.69) is 31.5 Å². The first-order valence-electron chi connectivity index (χ1n) is 11.3. The fourth-order valence-corrected chi connectivity index (χ4v) is 6.12. The van der Waals surface area contributed by atoms with Crippen molar-refractivity contribution in [3.63, 3.8) is 0 Å². The van der Waals surface area contributed by atoms with E-state index in [0.717, 1.165) is 43.4 Å². The lowest BCUT2D eigenvalue weighted by Crippen LogP contribution is -2.53. The molecule has 1 atom stereocenters. The third kappa shape index (κ3) is 5.10. The molecule has 184 valence electrons. The number of ketones is 1. The second-order valence-corrected chi connectivity index (χ2v) is 10.3. The molecule has 1 saturated carbocycles. The van der Waals surface area contributed by atoms with Gasteiger partial charge >= 0.3 is 5.97 Å². The minimum atomic E-state index is -0.663. The van der Waals surface area contributed by atoms with Crippen LogP contribution in [0.4, 0.5) is 5.69 Å². The zero-order chi connectivity index (χ0) is 25.2. The zero-order valence-corrected chi connectivity index (χ0v) is 22.1. The van der Waals surface area contributed by atoms with Gasteiger partial charge in [-0.3, -0.25) is 14.6 Å². The number of allylic oxidation sites excluding steroid dienone is 2. The molecule has 2 aliphatic carbocycles. The number of pyridine rings is 1. The van der Waals surface area contributed by atoms with E-state index in [1.54, 1.807) is 12.1 Å². The molecule has 0 radical (unpaired) electrons. The number of ether oxygens (including phenoxy) is 1. The maximum Gasteiger partial charge on any atom is 0.328 e. The molecule has 1 heterocycles. The number of Topliss-reactive ketones (excluding diaryl/α,β-unsaturated/α-hetero) is 1. The van der Waals surface area contributed by atoms with Gasteiger partial charge in [-0.25, -0.2) is 4.79 Å². The molecule has 1 fully saturated rings. The topological polar surface area (TPSA) is 97.4 Å². The number of benzene rings is 1. The number of esters is 1. The van der Waals surface area contributed by atoms with Gasteiger partial charge in [0.25, 0.3) is 5.91 Å². The average Bonchev–Trinajstić information content (AvgIpc) is 2.86. The summed E-state index contributed by atoms with van der Waals surface area (Å²) in [5, 5.41) is 6.38. The Balaban J connectivity index is 1.47. The second-order valence-electron chi connectivity index (χ2n) is 8.71. The van der Waals surface area contributed by atoms with Gasteiger partial charge in [0.05, 0.1) is 32.6 Å². The van der Waals surface area contributed by atoms with Gasteiger partial charge in [-0.05, 0) is 46.5 Å². The fourth-order valence-electron chi connectivity index (χ4n) is 4.71. The molecular weight excluding hydrogens is 557 g/mol. The summed E-state index contributed by atoms with van der Waals surface area (Å²) in [6, 6.07) is 6.43. The minimum Gasteiger partial charge on any atom is -0.467 e. The van der Waals surface area contributed by atoms with Crippen LogP contribution in [0.3, 0.4) is 0 Å². The van der Waals surface area contributed by atoms with Crippen molar-refractivity contribution in [2.24, 2.45) is 5.41 Å². The third-order valence-electron chi connectivity index (χ3n) is 6.58. The van der Waals surface area contributed by atoms with Crippen molar-refractivity contribution in [3.05, 3.63) is 68.0 Å². The predicted molar refractivity (Wildman–Crippen MR) is 138 cm³/mol. The van der Waals surface area contributed by atoms with E-state index in [1.807, 2.05) is 12.1 Å². The predicted octanol–water partition coefficient (Wildman–Crippen LogP) is 5.45. The largest absolute Gasteiger partial charge is 0.467 e. The van der Waals surface area contributed by atoms with E-state index in [4.69, 9.17) is 27.9 Å². The Morgan fingerprint density at radius 3 is 2.34 bits per heavy atom. The van der Waals surface area contributed by atoms with Gasteiger partial charge in [-0.1, -0.05) is 54.6 Å². The molecular formula is C25H24BrCl2N3O4. The number of nitrogens with one attached hydrogen (secondary N) is 2. The number of nitrogens with zero attached hydrogens (tertiary/aromatic N) is 1. The standard InChI is InChI=1S/C25H24BrCl2N3O4/c1-35-24(34)18(31-21-20(26)22(32)25(21)9-3-2-4-10-25)11-14-5-7-15(8-6-14)30-23(33)19-16(27)12-29-13-17(19)28/h5-8,12-13,18,31H,2-4,9-11H2,1H3,(H,30,33)/t18-/m0/s1. The molecule has 4 rings (SSSR count). The minimum absolute atomic E-state index is 0.109. The molecule has 35 heavy (non-hydrogen) atoms. The Morgan fingerprint density at radius 1 is 1.11 bits per heavy atom. The second kappa shape index (κ2) is 10.7. The van der Waals surface area contributed by atoms with E-state index in [9.17, 15) is 14.4 Å². The Kier molecular flexibility index (Phi) is 7.83. The highest BCUT2D eigenvalue weighted by Crippen LogP contribution is 2.53. The van der Waals surface area contributed by atoms with Crippen molar-refractivity contribution in [2.45, 2.75) is 44.6 Å². The van der Waals surface area contributed by atoms with Gasteiger partial charge in [-0.15, -0.1) is 0 Å². The van der Waals surface area contributed by atoms with Gasteiger partial charge < -0.3 is 15.4 Å². The highest BCUT2D eigenvalue weighted by atomic mass is 79.9. The molecule has 0 aliphatic heterocycles.